The van der Waals surface area contributed by atoms with Gasteiger partial charge in [0.05, 0.1) is 17.8 Å². The highest BCUT2D eigenvalue weighted by Crippen LogP contribution is 2.20. The lowest BCUT2D eigenvalue weighted by molar-refractivity contribution is 0.0773. The van der Waals surface area contributed by atoms with Crippen molar-refractivity contribution in [3.8, 4) is 0 Å². The van der Waals surface area contributed by atoms with Crippen molar-refractivity contribution in [2.75, 3.05) is 19.8 Å². The van der Waals surface area contributed by atoms with Crippen molar-refractivity contribution in [3.05, 3.63) is 29.6 Å². The van der Waals surface area contributed by atoms with Crippen LogP contribution >= 0.6 is 0 Å². The molecule has 1 unspecified atom stereocenters. The molecular weight excluding hydrogens is 216 g/mol. The fourth-order valence-corrected chi connectivity index (χ4v) is 2.41. The molecule has 1 atom stereocenters. The van der Waals surface area contributed by atoms with E-state index in [9.17, 15) is 4.79 Å². The summed E-state index contributed by atoms with van der Waals surface area (Å²) in [5.74, 6) is 0.124. The summed E-state index contributed by atoms with van der Waals surface area (Å²) in [6.45, 7) is 3.33. The number of nitrogens with zero attached hydrogens (tertiary/aromatic N) is 2. The number of carbonyl (C=O) groups is 1. The standard InChI is InChI=1S/C12H16N4O/c17-12-10-2-1-4-14-11(10)7-16(12)5-3-9-6-13-8-15-9/h1-2,4,9,13,15H,3,5-8H2. The predicted octanol–water partition coefficient (Wildman–Crippen LogP) is -0.0536. The summed E-state index contributed by atoms with van der Waals surface area (Å²) in [5.41, 5.74) is 1.68. The highest BCUT2D eigenvalue weighted by Gasteiger charge is 2.28. The zero-order valence-corrected chi connectivity index (χ0v) is 9.65. The molecule has 3 heterocycles. The van der Waals surface area contributed by atoms with E-state index in [1.165, 1.54) is 0 Å². The summed E-state index contributed by atoms with van der Waals surface area (Å²) in [4.78, 5) is 18.2. The Labute approximate surface area is 100 Å². The molecule has 0 spiro atoms. The molecule has 0 saturated carbocycles. The Morgan fingerprint density at radius 2 is 2.47 bits per heavy atom. The fraction of sp³-hybridized carbons (Fsp3) is 0.500. The van der Waals surface area contributed by atoms with Gasteiger partial charge in [-0.3, -0.25) is 9.78 Å². The van der Waals surface area contributed by atoms with Crippen molar-refractivity contribution < 1.29 is 4.79 Å². The minimum absolute atomic E-state index is 0.124. The number of rotatable bonds is 3. The number of fused-ring (bicyclic) bond motifs is 1. The zero-order valence-electron chi connectivity index (χ0n) is 9.65. The fourth-order valence-electron chi connectivity index (χ4n) is 2.41. The van der Waals surface area contributed by atoms with Gasteiger partial charge in [-0.15, -0.1) is 0 Å². The van der Waals surface area contributed by atoms with Gasteiger partial charge in [0.2, 0.25) is 0 Å². The van der Waals surface area contributed by atoms with Gasteiger partial charge in [-0.05, 0) is 18.6 Å². The van der Waals surface area contributed by atoms with E-state index in [-0.39, 0.29) is 5.91 Å². The smallest absolute Gasteiger partial charge is 0.256 e. The number of pyridine rings is 1. The van der Waals surface area contributed by atoms with Crippen LogP contribution in [0.3, 0.4) is 0 Å². The van der Waals surface area contributed by atoms with Crippen LogP contribution < -0.4 is 10.6 Å². The van der Waals surface area contributed by atoms with Crippen LogP contribution in [0, 0.1) is 0 Å². The highest BCUT2D eigenvalue weighted by atomic mass is 16.2. The molecule has 1 fully saturated rings. The van der Waals surface area contributed by atoms with E-state index < -0.39 is 0 Å². The van der Waals surface area contributed by atoms with Gasteiger partial charge in [0, 0.05) is 32.0 Å². The second kappa shape index (κ2) is 4.43. The molecule has 1 aromatic rings. The molecule has 1 saturated heterocycles. The summed E-state index contributed by atoms with van der Waals surface area (Å²) >= 11 is 0. The second-order valence-electron chi connectivity index (χ2n) is 4.54. The largest absolute Gasteiger partial charge is 0.333 e. The molecule has 1 amide bonds. The van der Waals surface area contributed by atoms with E-state index in [0.717, 1.165) is 37.4 Å². The molecule has 5 nitrogen and oxygen atoms in total. The molecule has 1 aromatic heterocycles. The quantitative estimate of drug-likeness (QED) is 0.767. The average Bonchev–Trinajstić information content (AvgIpc) is 2.96. The van der Waals surface area contributed by atoms with Crippen molar-refractivity contribution in [1.29, 1.82) is 0 Å². The van der Waals surface area contributed by atoms with Crippen molar-refractivity contribution >= 4 is 5.91 Å². The van der Waals surface area contributed by atoms with Crippen molar-refractivity contribution in [2.24, 2.45) is 0 Å². The first-order valence-electron chi connectivity index (χ1n) is 6.02. The number of aromatic nitrogens is 1. The molecule has 2 aliphatic rings. The van der Waals surface area contributed by atoms with Crippen LogP contribution in [0.25, 0.3) is 0 Å². The van der Waals surface area contributed by atoms with Crippen LogP contribution in [0.4, 0.5) is 0 Å². The van der Waals surface area contributed by atoms with E-state index in [1.807, 2.05) is 17.0 Å². The SMILES string of the molecule is O=C1c2cccnc2CN1CCC1CNCN1. The van der Waals surface area contributed by atoms with Crippen LogP contribution in [-0.2, 0) is 6.54 Å². The lowest BCUT2D eigenvalue weighted by Gasteiger charge is -2.17. The van der Waals surface area contributed by atoms with Gasteiger partial charge in [-0.25, -0.2) is 0 Å². The van der Waals surface area contributed by atoms with E-state index in [4.69, 9.17) is 0 Å². The molecule has 0 radical (unpaired) electrons. The van der Waals surface area contributed by atoms with Gasteiger partial charge in [-0.1, -0.05) is 0 Å². The molecule has 90 valence electrons. The Hall–Kier alpha value is -1.46. The predicted molar refractivity (Wildman–Crippen MR) is 63.4 cm³/mol. The van der Waals surface area contributed by atoms with Crippen LogP contribution in [0.1, 0.15) is 22.5 Å². The Balaban J connectivity index is 1.61. The Morgan fingerprint density at radius 1 is 1.53 bits per heavy atom. The van der Waals surface area contributed by atoms with Crippen LogP contribution in [0.2, 0.25) is 0 Å². The van der Waals surface area contributed by atoms with Crippen LogP contribution in [0.15, 0.2) is 18.3 Å². The van der Waals surface area contributed by atoms with E-state index in [0.29, 0.717) is 12.6 Å². The van der Waals surface area contributed by atoms with Gasteiger partial charge in [0.25, 0.3) is 5.91 Å². The first-order valence-corrected chi connectivity index (χ1v) is 6.02. The van der Waals surface area contributed by atoms with Crippen molar-refractivity contribution in [2.45, 2.75) is 19.0 Å². The maximum absolute atomic E-state index is 12.1. The first-order chi connectivity index (χ1) is 8.34. The van der Waals surface area contributed by atoms with Crippen LogP contribution in [0.5, 0.6) is 0 Å². The Bertz CT molecular complexity index is 428. The molecular formula is C12H16N4O. The van der Waals surface area contributed by atoms with E-state index in [1.54, 1.807) is 6.20 Å². The third kappa shape index (κ3) is 2.03. The van der Waals surface area contributed by atoms with Gasteiger partial charge >= 0.3 is 0 Å². The lowest BCUT2D eigenvalue weighted by atomic mass is 10.2. The molecule has 0 aliphatic carbocycles. The maximum atomic E-state index is 12.1. The van der Waals surface area contributed by atoms with E-state index >= 15 is 0 Å². The van der Waals surface area contributed by atoms with Crippen molar-refractivity contribution in [3.63, 3.8) is 0 Å². The highest BCUT2D eigenvalue weighted by molar-refractivity contribution is 5.97. The molecule has 17 heavy (non-hydrogen) atoms. The molecule has 0 bridgehead atoms. The summed E-state index contributed by atoms with van der Waals surface area (Å²) in [7, 11) is 0. The summed E-state index contributed by atoms with van der Waals surface area (Å²) in [6, 6.07) is 4.17. The number of nitrogens with one attached hydrogen (secondary N) is 2. The minimum Gasteiger partial charge on any atom is -0.333 e. The minimum atomic E-state index is 0.124. The summed E-state index contributed by atoms with van der Waals surface area (Å²) < 4.78 is 0. The van der Waals surface area contributed by atoms with Gasteiger partial charge in [0.15, 0.2) is 0 Å². The Morgan fingerprint density at radius 3 is 3.24 bits per heavy atom. The molecule has 0 aromatic carbocycles. The third-order valence-corrected chi connectivity index (χ3v) is 3.40. The van der Waals surface area contributed by atoms with E-state index in [2.05, 4.69) is 15.6 Å². The average molecular weight is 232 g/mol. The normalized spacial score (nSPS) is 23.2. The van der Waals surface area contributed by atoms with Gasteiger partial charge < -0.3 is 15.5 Å². The molecule has 2 N–H and O–H groups in total. The summed E-state index contributed by atoms with van der Waals surface area (Å²) in [5, 5.41) is 6.60. The monoisotopic (exact) mass is 232 g/mol. The van der Waals surface area contributed by atoms with Gasteiger partial charge in [-0.2, -0.15) is 0 Å². The lowest BCUT2D eigenvalue weighted by Crippen LogP contribution is -2.32. The van der Waals surface area contributed by atoms with Gasteiger partial charge in [0.1, 0.15) is 0 Å². The zero-order chi connectivity index (χ0) is 11.7. The number of hydrogen-bond donors (Lipinski definition) is 2. The molecule has 3 rings (SSSR count). The Kier molecular flexibility index (Phi) is 2.78. The maximum Gasteiger partial charge on any atom is 0.256 e. The summed E-state index contributed by atoms with van der Waals surface area (Å²) in [6.07, 6.45) is 2.74. The van der Waals surface area contributed by atoms with Crippen molar-refractivity contribution in [1.82, 2.24) is 20.5 Å². The molecule has 2 aliphatic heterocycles. The van der Waals surface area contributed by atoms with Crippen LogP contribution in [-0.4, -0.2) is 41.6 Å². The topological polar surface area (TPSA) is 57.3 Å². The molecule has 5 heteroatoms. The first kappa shape index (κ1) is 10.7. The number of hydrogen-bond acceptors (Lipinski definition) is 4. The number of carbonyl (C=O) groups excluding carboxylic acids is 1. The second-order valence-corrected chi connectivity index (χ2v) is 4.54. The third-order valence-electron chi connectivity index (χ3n) is 3.40. The number of amides is 1.